The molecule has 0 fully saturated rings. The number of aromatic nitrogens is 3. The second-order valence-electron chi connectivity index (χ2n) is 6.12. The molecule has 20 heavy (non-hydrogen) atoms. The lowest BCUT2D eigenvalue weighted by Gasteiger charge is -2.43. The van der Waals surface area contributed by atoms with Gasteiger partial charge in [0.05, 0.1) is 17.4 Å². The van der Waals surface area contributed by atoms with Gasteiger partial charge in [-0.25, -0.2) is 4.98 Å². The molecule has 2 N–H and O–H groups in total. The highest BCUT2D eigenvalue weighted by molar-refractivity contribution is 6.47. The molecule has 0 amide bonds. The molecule has 0 saturated heterocycles. The second kappa shape index (κ2) is 5.18. The number of nitrogens with zero attached hydrogens (tertiary/aromatic N) is 2. The van der Waals surface area contributed by atoms with Crippen LogP contribution in [0.5, 0.6) is 0 Å². The highest BCUT2D eigenvalue weighted by atomic mass is 16.5. The van der Waals surface area contributed by atoms with Crippen LogP contribution >= 0.6 is 0 Å². The van der Waals surface area contributed by atoms with E-state index in [1.165, 1.54) is 0 Å². The monoisotopic (exact) mass is 274 g/mol. The van der Waals surface area contributed by atoms with E-state index in [0.29, 0.717) is 0 Å². The smallest absolute Gasteiger partial charge is 0.332 e. The highest BCUT2D eigenvalue weighted by Crippen LogP contribution is 2.31. The number of nitrogens with one attached hydrogen (secondary N) is 1. The molecule has 107 valence electrons. The van der Waals surface area contributed by atoms with Crippen molar-refractivity contribution in [3.8, 4) is 0 Å². The molecule has 0 aliphatic rings. The predicted octanol–water partition coefficient (Wildman–Crippen LogP) is 1.40. The van der Waals surface area contributed by atoms with E-state index in [0.717, 1.165) is 16.5 Å². The summed E-state index contributed by atoms with van der Waals surface area (Å²) in [6.45, 7) is 9.51. The van der Waals surface area contributed by atoms with Crippen molar-refractivity contribution < 1.29 is 9.76 Å². The topological polar surface area (TPSA) is 71.0 Å². The van der Waals surface area contributed by atoms with Crippen molar-refractivity contribution in [3.63, 3.8) is 0 Å². The van der Waals surface area contributed by atoms with Gasteiger partial charge in [-0.15, -0.1) is 0 Å². The van der Waals surface area contributed by atoms with Crippen LogP contribution < -0.4 is 5.46 Å². The summed E-state index contributed by atoms with van der Waals surface area (Å²) in [4.78, 5) is 4.25. The van der Waals surface area contributed by atoms with Gasteiger partial charge in [-0.2, -0.15) is 5.10 Å². The predicted molar refractivity (Wildman–Crippen MR) is 79.9 cm³/mol. The molecule has 0 aliphatic heterocycles. The maximum atomic E-state index is 10.6. The molecule has 0 spiro atoms. The normalized spacial score (nSPS) is 15.6. The summed E-state index contributed by atoms with van der Waals surface area (Å²) in [5.41, 5.74) is -0.0504. The minimum absolute atomic E-state index is 0.0837. The van der Waals surface area contributed by atoms with E-state index in [1.807, 2.05) is 33.8 Å². The Morgan fingerprint density at radius 3 is 2.65 bits per heavy atom. The lowest BCUT2D eigenvalue weighted by Crippen LogP contribution is -2.54. The van der Waals surface area contributed by atoms with Crippen LogP contribution in [0.25, 0.3) is 11.0 Å². The Labute approximate surface area is 120 Å². The molecule has 0 aliphatic carbocycles. The minimum Gasteiger partial charge on any atom is -0.427 e. The Bertz CT molecular complexity index is 593. The van der Waals surface area contributed by atoms with Crippen molar-refractivity contribution in [3.05, 3.63) is 18.5 Å². The van der Waals surface area contributed by atoms with Crippen LogP contribution in [0.15, 0.2) is 18.5 Å². The molecule has 0 aromatic carbocycles. The van der Waals surface area contributed by atoms with Crippen LogP contribution in [0.3, 0.4) is 0 Å². The standard InChI is InChI=1S/C14H21BN3O2/c1-9(2)14(5,19)13(3,4)20-15-11-6-10-7-17-18-12(10)16-8-11/h6-9,19H,1-5H3,(H,16,17,18). The summed E-state index contributed by atoms with van der Waals surface area (Å²) < 4.78 is 5.82. The maximum Gasteiger partial charge on any atom is 0.332 e. The summed E-state index contributed by atoms with van der Waals surface area (Å²) in [6, 6.07) is 1.94. The SMILES string of the molecule is CC(C)C(C)(O)C(C)(C)O[B]c1cnc2[nH]ncc2c1. The zero-order valence-corrected chi connectivity index (χ0v) is 12.6. The molecule has 5 nitrogen and oxygen atoms in total. The molecule has 2 aromatic heterocycles. The molecule has 6 heteroatoms. The number of H-pyrrole nitrogens is 1. The van der Waals surface area contributed by atoms with Crippen LogP contribution in [0.2, 0.25) is 0 Å². The molecular weight excluding hydrogens is 253 g/mol. The van der Waals surface area contributed by atoms with Gasteiger partial charge in [0.1, 0.15) is 0 Å². The molecule has 0 saturated carbocycles. The maximum absolute atomic E-state index is 10.6. The van der Waals surface area contributed by atoms with Gasteiger partial charge in [-0.3, -0.25) is 5.10 Å². The van der Waals surface area contributed by atoms with E-state index < -0.39 is 11.2 Å². The van der Waals surface area contributed by atoms with Gasteiger partial charge in [0.2, 0.25) is 0 Å². The molecule has 0 bridgehead atoms. The zero-order valence-electron chi connectivity index (χ0n) is 12.6. The third-order valence-corrected chi connectivity index (χ3v) is 4.15. The molecule has 1 radical (unpaired) electrons. The fourth-order valence-corrected chi connectivity index (χ4v) is 1.95. The number of rotatable bonds is 5. The number of pyridine rings is 1. The number of hydrogen-bond acceptors (Lipinski definition) is 4. The minimum atomic E-state index is -0.934. The summed E-state index contributed by atoms with van der Waals surface area (Å²) >= 11 is 0. The van der Waals surface area contributed by atoms with Gasteiger partial charge < -0.3 is 9.76 Å². The molecule has 2 heterocycles. The van der Waals surface area contributed by atoms with Crippen molar-refractivity contribution in [1.82, 2.24) is 15.2 Å². The average Bonchev–Trinajstić information content (AvgIpc) is 2.83. The average molecular weight is 274 g/mol. The van der Waals surface area contributed by atoms with Crippen molar-refractivity contribution in [2.45, 2.75) is 45.8 Å². The summed E-state index contributed by atoms with van der Waals surface area (Å²) in [7, 11) is 1.64. The summed E-state index contributed by atoms with van der Waals surface area (Å²) in [5, 5.41) is 18.2. The number of aromatic amines is 1. The van der Waals surface area contributed by atoms with E-state index in [2.05, 4.69) is 15.2 Å². The zero-order chi connectivity index (χ0) is 15.0. The second-order valence-corrected chi connectivity index (χ2v) is 6.12. The first-order valence-electron chi connectivity index (χ1n) is 6.76. The van der Waals surface area contributed by atoms with Gasteiger partial charge in [-0.1, -0.05) is 19.9 Å². The van der Waals surface area contributed by atoms with Gasteiger partial charge in [0, 0.05) is 11.6 Å². The van der Waals surface area contributed by atoms with Crippen molar-refractivity contribution in [1.29, 1.82) is 0 Å². The van der Waals surface area contributed by atoms with Crippen LogP contribution in [0.1, 0.15) is 34.6 Å². The third kappa shape index (κ3) is 2.71. The third-order valence-electron chi connectivity index (χ3n) is 4.15. The lowest BCUT2D eigenvalue weighted by molar-refractivity contribution is -0.129. The van der Waals surface area contributed by atoms with E-state index >= 15 is 0 Å². The molecular formula is C14H21BN3O2. The summed E-state index contributed by atoms with van der Waals surface area (Å²) in [6.07, 6.45) is 3.43. The van der Waals surface area contributed by atoms with Crippen molar-refractivity contribution in [2.75, 3.05) is 0 Å². The van der Waals surface area contributed by atoms with E-state index in [-0.39, 0.29) is 5.92 Å². The Kier molecular flexibility index (Phi) is 3.89. The molecule has 1 atom stereocenters. The molecule has 1 unspecified atom stereocenters. The Morgan fingerprint density at radius 2 is 2.00 bits per heavy atom. The first kappa shape index (κ1) is 15.0. The van der Waals surface area contributed by atoms with Gasteiger partial charge in [0.25, 0.3) is 0 Å². The van der Waals surface area contributed by atoms with E-state index in [4.69, 9.17) is 4.65 Å². The Hall–Kier alpha value is -1.40. The molecule has 2 rings (SSSR count). The fourth-order valence-electron chi connectivity index (χ4n) is 1.95. The fraction of sp³-hybridized carbons (Fsp3) is 0.571. The first-order chi connectivity index (χ1) is 9.24. The van der Waals surface area contributed by atoms with Gasteiger partial charge in [0.15, 0.2) is 5.65 Å². The van der Waals surface area contributed by atoms with Crippen LogP contribution in [-0.2, 0) is 4.65 Å². The highest BCUT2D eigenvalue weighted by Gasteiger charge is 2.42. The van der Waals surface area contributed by atoms with Crippen LogP contribution in [-0.4, -0.2) is 39.0 Å². The van der Waals surface area contributed by atoms with Gasteiger partial charge in [-0.05, 0) is 32.2 Å². The van der Waals surface area contributed by atoms with Crippen LogP contribution in [0, 0.1) is 5.92 Å². The van der Waals surface area contributed by atoms with Crippen molar-refractivity contribution in [2.24, 2.45) is 5.92 Å². The first-order valence-corrected chi connectivity index (χ1v) is 6.76. The van der Waals surface area contributed by atoms with Gasteiger partial charge >= 0.3 is 7.48 Å². The summed E-state index contributed by atoms with van der Waals surface area (Å²) in [5.74, 6) is 0.0837. The van der Waals surface area contributed by atoms with E-state index in [9.17, 15) is 5.11 Å². The lowest BCUT2D eigenvalue weighted by atomic mass is 9.76. The largest absolute Gasteiger partial charge is 0.427 e. The molecule has 2 aromatic rings. The number of aliphatic hydroxyl groups is 1. The van der Waals surface area contributed by atoms with Crippen molar-refractivity contribution >= 4 is 24.0 Å². The van der Waals surface area contributed by atoms with E-state index in [1.54, 1.807) is 26.8 Å². The Balaban J connectivity index is 2.10. The number of hydrogen-bond donors (Lipinski definition) is 2. The quantitative estimate of drug-likeness (QED) is 0.808. The van der Waals surface area contributed by atoms with Crippen LogP contribution in [0.4, 0.5) is 0 Å². The number of fused-ring (bicyclic) bond motifs is 1. The Morgan fingerprint density at radius 1 is 1.30 bits per heavy atom.